The summed E-state index contributed by atoms with van der Waals surface area (Å²) in [5.41, 5.74) is 3.08. The van der Waals surface area contributed by atoms with Crippen molar-refractivity contribution in [3.05, 3.63) is 91.9 Å². The molecule has 0 amide bonds. The van der Waals surface area contributed by atoms with Crippen molar-refractivity contribution in [1.29, 1.82) is 0 Å². The summed E-state index contributed by atoms with van der Waals surface area (Å²) in [6, 6.07) is 18.3. The van der Waals surface area contributed by atoms with Gasteiger partial charge in [0, 0.05) is 23.6 Å². The van der Waals surface area contributed by atoms with Gasteiger partial charge >= 0.3 is 0 Å². The molecule has 0 fully saturated rings. The van der Waals surface area contributed by atoms with E-state index < -0.39 is 0 Å². The fourth-order valence-corrected chi connectivity index (χ4v) is 2.87. The van der Waals surface area contributed by atoms with Crippen molar-refractivity contribution in [2.75, 3.05) is 0 Å². The molecule has 0 saturated heterocycles. The summed E-state index contributed by atoms with van der Waals surface area (Å²) in [6.45, 7) is 0. The zero-order valence-electron chi connectivity index (χ0n) is 13.3. The summed E-state index contributed by atoms with van der Waals surface area (Å²) in [7, 11) is 0. The van der Waals surface area contributed by atoms with Gasteiger partial charge in [-0.1, -0.05) is 70.7 Å². The Morgan fingerprint density at radius 1 is 0.538 bits per heavy atom. The lowest BCUT2D eigenvalue weighted by atomic mass is 10.2. The van der Waals surface area contributed by atoms with E-state index in [4.69, 9.17) is 46.4 Å². The highest BCUT2D eigenvalue weighted by Crippen LogP contribution is 2.26. The second-order valence-corrected chi connectivity index (χ2v) is 6.89. The van der Waals surface area contributed by atoms with Crippen molar-refractivity contribution < 1.29 is 0 Å². The molecule has 0 spiro atoms. The molecule has 0 aliphatic carbocycles. The maximum Gasteiger partial charge on any atom is 0.0680 e. The summed E-state index contributed by atoms with van der Waals surface area (Å²) >= 11 is 24.3. The Morgan fingerprint density at radius 2 is 0.923 bits per heavy atom. The Morgan fingerprint density at radius 3 is 1.31 bits per heavy atom. The zero-order valence-corrected chi connectivity index (χ0v) is 16.4. The van der Waals surface area contributed by atoms with Crippen LogP contribution >= 0.6 is 46.4 Å². The topological polar surface area (TPSA) is 24.7 Å². The minimum atomic E-state index is 0.484. The van der Waals surface area contributed by atoms with Crippen molar-refractivity contribution in [2.24, 2.45) is 9.98 Å². The van der Waals surface area contributed by atoms with Gasteiger partial charge in [-0.25, -0.2) is 0 Å². The first-order chi connectivity index (χ1) is 12.5. The van der Waals surface area contributed by atoms with Crippen molar-refractivity contribution in [3.63, 3.8) is 0 Å². The molecule has 0 heterocycles. The average molecular weight is 422 g/mol. The van der Waals surface area contributed by atoms with Crippen molar-refractivity contribution in [1.82, 2.24) is 0 Å². The fourth-order valence-electron chi connectivity index (χ4n) is 2.15. The van der Waals surface area contributed by atoms with Gasteiger partial charge in [0.05, 0.1) is 31.5 Å². The largest absolute Gasteiger partial charge is 0.256 e. The SMILES string of the molecule is Clc1cccc(C=Nc2ccc(N=Cc3cccc(Cl)c3Cl)cc2)c1Cl. The van der Waals surface area contributed by atoms with Crippen LogP contribution in [-0.2, 0) is 0 Å². The molecular weight excluding hydrogens is 410 g/mol. The van der Waals surface area contributed by atoms with Crippen molar-refractivity contribution in [3.8, 4) is 0 Å². The Labute approximate surface area is 171 Å². The van der Waals surface area contributed by atoms with Crippen LogP contribution in [0.15, 0.2) is 70.6 Å². The normalized spacial score (nSPS) is 11.5. The number of halogens is 4. The number of aliphatic imine (C=N–C) groups is 2. The van der Waals surface area contributed by atoms with Gasteiger partial charge in [-0.15, -0.1) is 0 Å². The van der Waals surface area contributed by atoms with Gasteiger partial charge in [0.2, 0.25) is 0 Å². The molecule has 0 unspecified atom stereocenters. The predicted octanol–water partition coefficient (Wildman–Crippen LogP) is 7.80. The molecule has 0 N–H and O–H groups in total. The minimum absolute atomic E-state index is 0.484. The summed E-state index contributed by atoms with van der Waals surface area (Å²) in [4.78, 5) is 8.81. The van der Waals surface area contributed by atoms with Crippen LogP contribution in [0.3, 0.4) is 0 Å². The molecule has 0 bridgehead atoms. The van der Waals surface area contributed by atoms with Crippen molar-refractivity contribution in [2.45, 2.75) is 0 Å². The van der Waals surface area contributed by atoms with Crippen LogP contribution in [-0.4, -0.2) is 12.4 Å². The average Bonchev–Trinajstić information content (AvgIpc) is 2.65. The molecule has 0 aliphatic rings. The van der Waals surface area contributed by atoms with E-state index in [0.29, 0.717) is 20.1 Å². The van der Waals surface area contributed by atoms with Crippen LogP contribution in [0.1, 0.15) is 11.1 Å². The zero-order chi connectivity index (χ0) is 18.5. The molecule has 26 heavy (non-hydrogen) atoms. The molecule has 0 aromatic heterocycles. The van der Waals surface area contributed by atoms with Crippen LogP contribution in [0.25, 0.3) is 0 Å². The maximum atomic E-state index is 6.15. The number of rotatable bonds is 4. The molecule has 0 aliphatic heterocycles. The predicted molar refractivity (Wildman–Crippen MR) is 114 cm³/mol. The molecule has 2 nitrogen and oxygen atoms in total. The summed E-state index contributed by atoms with van der Waals surface area (Å²) in [5, 5.41) is 1.97. The molecule has 130 valence electrons. The van der Waals surface area contributed by atoms with E-state index in [0.717, 1.165) is 22.5 Å². The molecule has 3 rings (SSSR count). The van der Waals surface area contributed by atoms with Gasteiger partial charge in [0.1, 0.15) is 0 Å². The van der Waals surface area contributed by atoms with E-state index in [1.165, 1.54) is 0 Å². The number of hydrogen-bond acceptors (Lipinski definition) is 2. The van der Waals surface area contributed by atoms with Crippen LogP contribution in [0.4, 0.5) is 11.4 Å². The van der Waals surface area contributed by atoms with Crippen molar-refractivity contribution >= 4 is 70.2 Å². The first-order valence-electron chi connectivity index (χ1n) is 7.61. The smallest absolute Gasteiger partial charge is 0.0680 e. The lowest BCUT2D eigenvalue weighted by Gasteiger charge is -2.01. The standard InChI is InChI=1S/C20H12Cl4N2/c21-17-5-1-3-13(19(17)23)11-25-15-7-9-16(10-8-15)26-12-14-4-2-6-18(22)20(14)24/h1-12H. The van der Waals surface area contributed by atoms with Gasteiger partial charge in [0.15, 0.2) is 0 Å². The van der Waals surface area contributed by atoms with Gasteiger partial charge in [-0.3, -0.25) is 9.98 Å². The Hall–Kier alpha value is -1.84. The van der Waals surface area contributed by atoms with Crippen LogP contribution in [0.2, 0.25) is 20.1 Å². The van der Waals surface area contributed by atoms with Crippen LogP contribution in [0, 0.1) is 0 Å². The molecule has 0 radical (unpaired) electrons. The molecular formula is C20H12Cl4N2. The highest BCUT2D eigenvalue weighted by molar-refractivity contribution is 6.44. The Bertz CT molecular complexity index is 899. The molecule has 0 atom stereocenters. The summed E-state index contributed by atoms with van der Waals surface area (Å²) in [5.74, 6) is 0. The second kappa shape index (κ2) is 8.70. The number of nitrogens with zero attached hydrogens (tertiary/aromatic N) is 2. The minimum Gasteiger partial charge on any atom is -0.256 e. The lowest BCUT2D eigenvalue weighted by molar-refractivity contribution is 1.48. The number of benzene rings is 3. The van der Waals surface area contributed by atoms with E-state index >= 15 is 0 Å². The highest BCUT2D eigenvalue weighted by atomic mass is 35.5. The second-order valence-electron chi connectivity index (χ2n) is 5.32. The van der Waals surface area contributed by atoms with Gasteiger partial charge in [-0.05, 0) is 36.4 Å². The monoisotopic (exact) mass is 420 g/mol. The third-order valence-corrected chi connectivity index (χ3v) is 5.19. The Kier molecular flexibility index (Phi) is 6.33. The van der Waals surface area contributed by atoms with E-state index in [9.17, 15) is 0 Å². The van der Waals surface area contributed by atoms with Crippen LogP contribution < -0.4 is 0 Å². The summed E-state index contributed by atoms with van der Waals surface area (Å²) < 4.78 is 0. The third-order valence-electron chi connectivity index (χ3n) is 3.52. The van der Waals surface area contributed by atoms with Gasteiger partial charge < -0.3 is 0 Å². The fraction of sp³-hybridized carbons (Fsp3) is 0. The molecule has 3 aromatic rings. The highest BCUT2D eigenvalue weighted by Gasteiger charge is 2.02. The third kappa shape index (κ3) is 4.66. The van der Waals surface area contributed by atoms with Gasteiger partial charge in [-0.2, -0.15) is 0 Å². The molecule has 6 heteroatoms. The lowest BCUT2D eigenvalue weighted by Crippen LogP contribution is -1.83. The quantitative estimate of drug-likeness (QED) is 0.384. The van der Waals surface area contributed by atoms with Gasteiger partial charge in [0.25, 0.3) is 0 Å². The van der Waals surface area contributed by atoms with E-state index in [1.807, 2.05) is 48.5 Å². The first kappa shape index (κ1) is 18.9. The van der Waals surface area contributed by atoms with E-state index in [1.54, 1.807) is 24.6 Å². The molecule has 3 aromatic carbocycles. The van der Waals surface area contributed by atoms with Crippen LogP contribution in [0.5, 0.6) is 0 Å². The molecule has 0 saturated carbocycles. The maximum absolute atomic E-state index is 6.15. The summed E-state index contributed by atoms with van der Waals surface area (Å²) in [6.07, 6.45) is 3.36. The Balaban J connectivity index is 1.74. The number of hydrogen-bond donors (Lipinski definition) is 0. The first-order valence-corrected chi connectivity index (χ1v) is 9.12. The van der Waals surface area contributed by atoms with E-state index in [2.05, 4.69) is 9.98 Å². The van der Waals surface area contributed by atoms with E-state index in [-0.39, 0.29) is 0 Å².